The molecule has 1 aromatic rings. The molecule has 0 bridgehead atoms. The summed E-state index contributed by atoms with van der Waals surface area (Å²) in [7, 11) is -3.58. The Labute approximate surface area is 122 Å². The Bertz CT molecular complexity index is 584. The molecule has 0 spiro atoms. The minimum Gasteiger partial charge on any atom is -0.480 e. The average molecular weight is 315 g/mol. The van der Waals surface area contributed by atoms with E-state index in [4.69, 9.17) is 10.2 Å². The van der Waals surface area contributed by atoms with Gasteiger partial charge in [0.2, 0.25) is 5.91 Å². The fourth-order valence-electron chi connectivity index (χ4n) is 1.63. The number of aliphatic hydroxyl groups is 1. The van der Waals surface area contributed by atoms with Crippen LogP contribution in [-0.4, -0.2) is 48.9 Å². The van der Waals surface area contributed by atoms with Gasteiger partial charge in [0.1, 0.15) is 6.04 Å². The first-order valence-electron chi connectivity index (χ1n) is 6.27. The van der Waals surface area contributed by atoms with E-state index in [-0.39, 0.29) is 24.3 Å². The molecule has 0 heterocycles. The van der Waals surface area contributed by atoms with Crippen LogP contribution >= 0.6 is 0 Å². The van der Waals surface area contributed by atoms with Crippen molar-refractivity contribution in [3.63, 3.8) is 0 Å². The van der Waals surface area contributed by atoms with E-state index in [1.807, 2.05) is 0 Å². The Hall–Kier alpha value is -1.93. The van der Waals surface area contributed by atoms with Crippen LogP contribution < -0.4 is 5.32 Å². The molecule has 8 heteroatoms. The molecule has 0 aliphatic heterocycles. The van der Waals surface area contributed by atoms with Gasteiger partial charge in [-0.3, -0.25) is 4.79 Å². The van der Waals surface area contributed by atoms with Crippen LogP contribution in [0.2, 0.25) is 0 Å². The van der Waals surface area contributed by atoms with Gasteiger partial charge in [-0.05, 0) is 12.1 Å². The molecule has 0 aromatic heterocycles. The zero-order valence-corrected chi connectivity index (χ0v) is 12.0. The lowest BCUT2D eigenvalue weighted by Gasteiger charge is -2.13. The number of rotatable bonds is 8. The number of aliphatic hydroxyl groups excluding tert-OH is 1. The van der Waals surface area contributed by atoms with Crippen LogP contribution in [0, 0.1) is 0 Å². The number of hydrogen-bond donors (Lipinski definition) is 3. The van der Waals surface area contributed by atoms with Gasteiger partial charge in [0.05, 0.1) is 10.6 Å². The number of sulfone groups is 1. The van der Waals surface area contributed by atoms with Gasteiger partial charge in [-0.25, -0.2) is 13.2 Å². The van der Waals surface area contributed by atoms with Crippen LogP contribution in [0.1, 0.15) is 12.8 Å². The van der Waals surface area contributed by atoms with Crippen LogP contribution in [0.5, 0.6) is 0 Å². The van der Waals surface area contributed by atoms with Crippen LogP contribution in [0.15, 0.2) is 35.2 Å². The average Bonchev–Trinajstić information content (AvgIpc) is 2.45. The molecular formula is C13H17NO6S. The molecule has 7 nitrogen and oxygen atoms in total. The Morgan fingerprint density at radius 3 is 2.33 bits per heavy atom. The first-order chi connectivity index (χ1) is 9.86. The maximum Gasteiger partial charge on any atom is 0.326 e. The zero-order chi connectivity index (χ0) is 15.9. The topological polar surface area (TPSA) is 121 Å². The van der Waals surface area contributed by atoms with Crippen molar-refractivity contribution in [2.24, 2.45) is 0 Å². The molecule has 0 saturated carbocycles. The number of carbonyl (C=O) groups is 2. The van der Waals surface area contributed by atoms with Crippen molar-refractivity contribution in [3.8, 4) is 0 Å². The molecule has 3 N–H and O–H groups in total. The first-order valence-corrected chi connectivity index (χ1v) is 7.93. The van der Waals surface area contributed by atoms with E-state index in [2.05, 4.69) is 5.32 Å². The molecule has 1 amide bonds. The van der Waals surface area contributed by atoms with E-state index in [0.717, 1.165) is 0 Å². The quantitative estimate of drug-likeness (QED) is 0.611. The fourth-order valence-corrected chi connectivity index (χ4v) is 2.89. The molecule has 1 aromatic carbocycles. The molecule has 1 atom stereocenters. The predicted molar refractivity (Wildman–Crippen MR) is 74.4 cm³/mol. The second-order valence-corrected chi connectivity index (χ2v) is 6.46. The van der Waals surface area contributed by atoms with Crippen molar-refractivity contribution >= 4 is 21.7 Å². The number of carbonyl (C=O) groups excluding carboxylic acids is 1. The van der Waals surface area contributed by atoms with Gasteiger partial charge >= 0.3 is 5.97 Å². The minimum atomic E-state index is -3.58. The lowest BCUT2D eigenvalue weighted by Crippen LogP contribution is -2.41. The molecule has 21 heavy (non-hydrogen) atoms. The normalized spacial score (nSPS) is 12.6. The zero-order valence-electron chi connectivity index (χ0n) is 11.2. The van der Waals surface area contributed by atoms with Crippen LogP contribution in [-0.2, 0) is 19.4 Å². The monoisotopic (exact) mass is 315 g/mol. The molecule has 0 aliphatic carbocycles. The van der Waals surface area contributed by atoms with E-state index >= 15 is 0 Å². The number of aliphatic carboxylic acids is 1. The van der Waals surface area contributed by atoms with E-state index in [9.17, 15) is 18.0 Å². The molecule has 0 saturated heterocycles. The van der Waals surface area contributed by atoms with Crippen LogP contribution in [0.4, 0.5) is 0 Å². The van der Waals surface area contributed by atoms with Gasteiger partial charge in [0, 0.05) is 19.4 Å². The predicted octanol–water partition coefficient (Wildman–Crippen LogP) is -0.198. The fraction of sp³-hybridized carbons (Fsp3) is 0.385. The highest BCUT2D eigenvalue weighted by Crippen LogP contribution is 2.11. The van der Waals surface area contributed by atoms with Gasteiger partial charge in [-0.2, -0.15) is 0 Å². The molecule has 116 valence electrons. The summed E-state index contributed by atoms with van der Waals surface area (Å²) >= 11 is 0. The van der Waals surface area contributed by atoms with Crippen molar-refractivity contribution in [1.82, 2.24) is 5.32 Å². The van der Waals surface area contributed by atoms with Crippen molar-refractivity contribution in [2.45, 2.75) is 23.8 Å². The van der Waals surface area contributed by atoms with Crippen LogP contribution in [0.3, 0.4) is 0 Å². The minimum absolute atomic E-state index is 0.114. The van der Waals surface area contributed by atoms with E-state index < -0.39 is 33.5 Å². The van der Waals surface area contributed by atoms with Crippen molar-refractivity contribution in [2.75, 3.05) is 12.4 Å². The lowest BCUT2D eigenvalue weighted by atomic mass is 10.2. The number of hydrogen-bond acceptors (Lipinski definition) is 5. The summed E-state index contributed by atoms with van der Waals surface area (Å²) in [6, 6.07) is 6.47. The maximum absolute atomic E-state index is 11.9. The summed E-state index contributed by atoms with van der Waals surface area (Å²) < 4.78 is 23.9. The van der Waals surface area contributed by atoms with Gasteiger partial charge < -0.3 is 15.5 Å². The highest BCUT2D eigenvalue weighted by Gasteiger charge is 2.21. The largest absolute Gasteiger partial charge is 0.480 e. The number of carboxylic acid groups (broad SMARTS) is 1. The third-order valence-corrected chi connectivity index (χ3v) is 4.48. The molecule has 0 aliphatic rings. The molecule has 0 fully saturated rings. The number of amides is 1. The molecular weight excluding hydrogens is 298 g/mol. The van der Waals surface area contributed by atoms with Gasteiger partial charge in [-0.15, -0.1) is 0 Å². The van der Waals surface area contributed by atoms with Crippen molar-refractivity contribution in [3.05, 3.63) is 30.3 Å². The molecule has 1 unspecified atom stereocenters. The summed E-state index contributed by atoms with van der Waals surface area (Å²) in [6.45, 7) is -0.389. The number of carboxylic acids is 1. The smallest absolute Gasteiger partial charge is 0.326 e. The summed E-state index contributed by atoms with van der Waals surface area (Å²) in [5, 5.41) is 19.7. The van der Waals surface area contributed by atoms with Gasteiger partial charge in [0.25, 0.3) is 0 Å². The second-order valence-electron chi connectivity index (χ2n) is 4.35. The van der Waals surface area contributed by atoms with Crippen molar-refractivity contribution < 1.29 is 28.2 Å². The van der Waals surface area contributed by atoms with Gasteiger partial charge in [0.15, 0.2) is 9.84 Å². The molecule has 0 radical (unpaired) electrons. The lowest BCUT2D eigenvalue weighted by molar-refractivity contribution is -0.142. The summed E-state index contributed by atoms with van der Waals surface area (Å²) in [5.74, 6) is -2.37. The Morgan fingerprint density at radius 1 is 1.19 bits per heavy atom. The summed E-state index contributed by atoms with van der Waals surface area (Å²) in [4.78, 5) is 22.5. The number of benzene rings is 1. The molecule has 1 rings (SSSR count). The maximum atomic E-state index is 11.9. The summed E-state index contributed by atoms with van der Waals surface area (Å²) in [6.07, 6.45) is -0.473. The van der Waals surface area contributed by atoms with E-state index in [1.165, 1.54) is 12.1 Å². The van der Waals surface area contributed by atoms with E-state index in [0.29, 0.717) is 0 Å². The van der Waals surface area contributed by atoms with Crippen LogP contribution in [0.25, 0.3) is 0 Å². The standard InChI is InChI=1S/C13H17NO6S/c15-8-6-11(13(17)18)14-12(16)7-9-21(19,20)10-4-2-1-3-5-10/h1-5,11,15H,6-9H2,(H,14,16)(H,17,18). The summed E-state index contributed by atoms with van der Waals surface area (Å²) in [5.41, 5.74) is 0. The third kappa shape index (κ3) is 5.52. The highest BCUT2D eigenvalue weighted by atomic mass is 32.2. The first kappa shape index (κ1) is 17.1. The van der Waals surface area contributed by atoms with Gasteiger partial charge in [-0.1, -0.05) is 18.2 Å². The second kappa shape index (κ2) is 7.75. The van der Waals surface area contributed by atoms with Crippen molar-refractivity contribution in [1.29, 1.82) is 0 Å². The Balaban J connectivity index is 2.58. The highest BCUT2D eigenvalue weighted by molar-refractivity contribution is 7.91. The third-order valence-electron chi connectivity index (χ3n) is 2.75. The number of nitrogens with one attached hydrogen (secondary N) is 1. The Morgan fingerprint density at radius 2 is 1.81 bits per heavy atom. The Kier molecular flexibility index (Phi) is 6.32. The van der Waals surface area contributed by atoms with E-state index in [1.54, 1.807) is 18.2 Å². The SMILES string of the molecule is O=C(CCS(=O)(=O)c1ccccc1)NC(CCO)C(=O)O.